The van der Waals surface area contributed by atoms with Gasteiger partial charge in [-0.2, -0.15) is 0 Å². The third-order valence-corrected chi connectivity index (χ3v) is 3.84. The molecule has 1 heterocycles. The van der Waals surface area contributed by atoms with Crippen LogP contribution in [0.3, 0.4) is 0 Å². The summed E-state index contributed by atoms with van der Waals surface area (Å²) in [7, 11) is 3.12. The van der Waals surface area contributed by atoms with Crippen LogP contribution in [0.1, 0.15) is 29.8 Å². The first-order valence-corrected chi connectivity index (χ1v) is 7.02. The standard InChI is InChI=1S/C17H18O5/c1-20-12-7-15(21-2)17-13(19)9-14(22-16(17)8-12)10-3-5-11(18)6-4-10/h3-8,13-14,18-19H,9H2,1-2H3/t13-,14-/m1/s1. The number of phenols is 1. The van der Waals surface area contributed by atoms with Crippen molar-refractivity contribution in [3.8, 4) is 23.0 Å². The first-order chi connectivity index (χ1) is 10.6. The summed E-state index contributed by atoms with van der Waals surface area (Å²) < 4.78 is 16.6. The van der Waals surface area contributed by atoms with Crippen molar-refractivity contribution in [3.05, 3.63) is 47.5 Å². The molecule has 5 heteroatoms. The van der Waals surface area contributed by atoms with E-state index in [0.29, 0.717) is 29.2 Å². The van der Waals surface area contributed by atoms with Gasteiger partial charge in [0.15, 0.2) is 0 Å². The van der Waals surface area contributed by atoms with Gasteiger partial charge in [0.05, 0.1) is 25.9 Å². The first kappa shape index (κ1) is 14.5. The van der Waals surface area contributed by atoms with Gasteiger partial charge in [0.2, 0.25) is 0 Å². The highest BCUT2D eigenvalue weighted by Gasteiger charge is 2.31. The number of phenolic OH excluding ortho intramolecular Hbond substituents is 1. The van der Waals surface area contributed by atoms with E-state index < -0.39 is 6.10 Å². The molecular formula is C17H18O5. The van der Waals surface area contributed by atoms with Crippen LogP contribution < -0.4 is 14.2 Å². The topological polar surface area (TPSA) is 68.2 Å². The van der Waals surface area contributed by atoms with Crippen LogP contribution in [0, 0.1) is 0 Å². The van der Waals surface area contributed by atoms with Crippen molar-refractivity contribution < 1.29 is 24.4 Å². The van der Waals surface area contributed by atoms with Crippen LogP contribution in [0.2, 0.25) is 0 Å². The molecule has 0 unspecified atom stereocenters. The minimum absolute atomic E-state index is 0.198. The SMILES string of the molecule is COc1cc(OC)c2c(c1)O[C@@H](c1ccc(O)cc1)C[C@H]2O. The lowest BCUT2D eigenvalue weighted by atomic mass is 9.94. The van der Waals surface area contributed by atoms with Crippen molar-refractivity contribution in [3.63, 3.8) is 0 Å². The Bertz CT molecular complexity index is 665. The number of benzene rings is 2. The zero-order chi connectivity index (χ0) is 15.7. The molecule has 0 aliphatic carbocycles. The number of methoxy groups -OCH3 is 2. The molecule has 3 rings (SSSR count). The lowest BCUT2D eigenvalue weighted by Crippen LogP contribution is -2.19. The first-order valence-electron chi connectivity index (χ1n) is 7.02. The van der Waals surface area contributed by atoms with E-state index in [-0.39, 0.29) is 11.9 Å². The predicted octanol–water partition coefficient (Wildman–Crippen LogP) is 2.97. The Labute approximate surface area is 128 Å². The summed E-state index contributed by atoms with van der Waals surface area (Å²) in [5.41, 5.74) is 1.53. The smallest absolute Gasteiger partial charge is 0.133 e. The van der Waals surface area contributed by atoms with Crippen LogP contribution in [0.5, 0.6) is 23.0 Å². The zero-order valence-electron chi connectivity index (χ0n) is 12.4. The summed E-state index contributed by atoms with van der Waals surface area (Å²) in [6.45, 7) is 0. The van der Waals surface area contributed by atoms with Gasteiger partial charge in [-0.05, 0) is 17.7 Å². The monoisotopic (exact) mass is 302 g/mol. The van der Waals surface area contributed by atoms with Crippen molar-refractivity contribution in [2.24, 2.45) is 0 Å². The van der Waals surface area contributed by atoms with Gasteiger partial charge in [-0.3, -0.25) is 0 Å². The van der Waals surface area contributed by atoms with Crippen molar-refractivity contribution in [2.45, 2.75) is 18.6 Å². The van der Waals surface area contributed by atoms with Crippen molar-refractivity contribution in [1.29, 1.82) is 0 Å². The van der Waals surface area contributed by atoms with Gasteiger partial charge < -0.3 is 24.4 Å². The maximum Gasteiger partial charge on any atom is 0.133 e. The quantitative estimate of drug-likeness (QED) is 0.912. The summed E-state index contributed by atoms with van der Waals surface area (Å²) >= 11 is 0. The number of rotatable bonds is 3. The van der Waals surface area contributed by atoms with E-state index >= 15 is 0 Å². The van der Waals surface area contributed by atoms with Crippen LogP contribution in [0.15, 0.2) is 36.4 Å². The molecule has 0 amide bonds. The lowest BCUT2D eigenvalue weighted by Gasteiger charge is -2.31. The summed E-state index contributed by atoms with van der Waals surface area (Å²) in [5, 5.41) is 19.9. The van der Waals surface area contributed by atoms with Gasteiger partial charge in [0.1, 0.15) is 29.1 Å². The van der Waals surface area contributed by atoms with Gasteiger partial charge in [0, 0.05) is 18.6 Å². The number of ether oxygens (including phenoxy) is 3. The molecule has 0 saturated heterocycles. The molecular weight excluding hydrogens is 284 g/mol. The Morgan fingerprint density at radius 2 is 1.82 bits per heavy atom. The Morgan fingerprint density at radius 3 is 2.45 bits per heavy atom. The number of aliphatic hydroxyl groups excluding tert-OH is 1. The highest BCUT2D eigenvalue weighted by Crippen LogP contribution is 2.47. The summed E-state index contributed by atoms with van der Waals surface area (Å²) in [5.74, 6) is 1.90. The fraction of sp³-hybridized carbons (Fsp3) is 0.294. The lowest BCUT2D eigenvalue weighted by molar-refractivity contribution is 0.0630. The van der Waals surface area contributed by atoms with Gasteiger partial charge >= 0.3 is 0 Å². The van der Waals surface area contributed by atoms with E-state index in [1.807, 2.05) is 0 Å². The summed E-state index contributed by atoms with van der Waals surface area (Å²) in [6, 6.07) is 10.3. The van der Waals surface area contributed by atoms with E-state index in [1.165, 1.54) is 0 Å². The minimum atomic E-state index is -0.691. The number of hydrogen-bond acceptors (Lipinski definition) is 5. The van der Waals surface area contributed by atoms with Crippen LogP contribution in [-0.2, 0) is 0 Å². The molecule has 2 aromatic rings. The molecule has 2 N–H and O–H groups in total. The normalized spacial score (nSPS) is 20.0. The highest BCUT2D eigenvalue weighted by atomic mass is 16.5. The molecule has 0 aromatic heterocycles. The summed E-state index contributed by atoms with van der Waals surface area (Å²) in [6.07, 6.45) is -0.566. The van der Waals surface area contributed by atoms with Gasteiger partial charge in [0.25, 0.3) is 0 Å². The summed E-state index contributed by atoms with van der Waals surface area (Å²) in [4.78, 5) is 0. The Hall–Kier alpha value is -2.40. The fourth-order valence-corrected chi connectivity index (χ4v) is 2.70. The molecule has 0 bridgehead atoms. The molecule has 0 radical (unpaired) electrons. The van der Waals surface area contributed by atoms with Crippen molar-refractivity contribution >= 4 is 0 Å². The highest BCUT2D eigenvalue weighted by molar-refractivity contribution is 5.53. The third-order valence-electron chi connectivity index (χ3n) is 3.84. The Balaban J connectivity index is 1.99. The molecule has 0 spiro atoms. The third kappa shape index (κ3) is 2.55. The molecule has 0 fully saturated rings. The Kier molecular flexibility index (Phi) is 3.81. The number of aliphatic hydroxyl groups is 1. The van der Waals surface area contributed by atoms with Crippen molar-refractivity contribution in [1.82, 2.24) is 0 Å². The van der Waals surface area contributed by atoms with E-state index in [2.05, 4.69) is 0 Å². The second kappa shape index (κ2) is 5.77. The van der Waals surface area contributed by atoms with Crippen LogP contribution >= 0.6 is 0 Å². The number of aromatic hydroxyl groups is 1. The molecule has 0 saturated carbocycles. The van der Waals surface area contributed by atoms with Gasteiger partial charge in [-0.1, -0.05) is 12.1 Å². The molecule has 2 aromatic carbocycles. The second-order valence-corrected chi connectivity index (χ2v) is 5.19. The zero-order valence-corrected chi connectivity index (χ0v) is 12.4. The average Bonchev–Trinajstić information content (AvgIpc) is 2.54. The molecule has 22 heavy (non-hydrogen) atoms. The van der Waals surface area contributed by atoms with E-state index in [4.69, 9.17) is 14.2 Å². The molecule has 2 atom stereocenters. The maximum absolute atomic E-state index is 10.5. The van der Waals surface area contributed by atoms with Crippen LogP contribution in [0.25, 0.3) is 0 Å². The fourth-order valence-electron chi connectivity index (χ4n) is 2.70. The predicted molar refractivity (Wildman–Crippen MR) is 80.6 cm³/mol. The molecule has 1 aliphatic heterocycles. The average molecular weight is 302 g/mol. The Morgan fingerprint density at radius 1 is 1.09 bits per heavy atom. The van der Waals surface area contributed by atoms with E-state index in [1.54, 1.807) is 50.6 Å². The van der Waals surface area contributed by atoms with E-state index in [0.717, 1.165) is 5.56 Å². The minimum Gasteiger partial charge on any atom is -0.508 e. The van der Waals surface area contributed by atoms with Crippen molar-refractivity contribution in [2.75, 3.05) is 14.2 Å². The largest absolute Gasteiger partial charge is 0.508 e. The van der Waals surface area contributed by atoms with Crippen LogP contribution in [-0.4, -0.2) is 24.4 Å². The molecule has 1 aliphatic rings. The maximum atomic E-state index is 10.5. The number of fused-ring (bicyclic) bond motifs is 1. The molecule has 116 valence electrons. The van der Waals surface area contributed by atoms with E-state index in [9.17, 15) is 10.2 Å². The molecule has 5 nitrogen and oxygen atoms in total. The second-order valence-electron chi connectivity index (χ2n) is 5.19. The number of hydrogen-bond donors (Lipinski definition) is 2. The van der Waals surface area contributed by atoms with Gasteiger partial charge in [-0.15, -0.1) is 0 Å². The van der Waals surface area contributed by atoms with Gasteiger partial charge in [-0.25, -0.2) is 0 Å². The van der Waals surface area contributed by atoms with Crippen LogP contribution in [0.4, 0.5) is 0 Å².